The molecule has 0 aliphatic carbocycles. The highest BCUT2D eigenvalue weighted by atomic mass is 19.4. The van der Waals surface area contributed by atoms with Crippen LogP contribution in [-0.4, -0.2) is 30.1 Å². The smallest absolute Gasteiger partial charge is 0.433 e. The number of benzene rings is 1. The number of hydrogen-bond donors (Lipinski definition) is 1. The summed E-state index contributed by atoms with van der Waals surface area (Å²) < 4.78 is 57.9. The lowest BCUT2D eigenvalue weighted by Crippen LogP contribution is -2.54. The molecule has 1 amide bonds. The maximum Gasteiger partial charge on any atom is 0.433 e. The minimum absolute atomic E-state index is 0.127. The first-order valence-electron chi connectivity index (χ1n) is 8.66. The monoisotopic (exact) mass is 397 g/mol. The molecule has 1 aliphatic heterocycles. The molecule has 3 rings (SSSR count). The van der Waals surface area contributed by atoms with Gasteiger partial charge in [0.1, 0.15) is 17.5 Å². The van der Waals surface area contributed by atoms with E-state index in [4.69, 9.17) is 4.74 Å². The highest BCUT2D eigenvalue weighted by Gasteiger charge is 2.36. The predicted octanol–water partition coefficient (Wildman–Crippen LogP) is 3.70. The van der Waals surface area contributed by atoms with E-state index in [9.17, 15) is 22.4 Å². The van der Waals surface area contributed by atoms with E-state index in [1.54, 1.807) is 12.1 Å². The molecule has 0 spiro atoms. The summed E-state index contributed by atoms with van der Waals surface area (Å²) in [6.07, 6.45) is -4.91. The average Bonchev–Trinajstić information content (AvgIpc) is 2.57. The van der Waals surface area contributed by atoms with Crippen molar-refractivity contribution in [3.8, 4) is 5.75 Å². The molecule has 1 aromatic heterocycles. The second kappa shape index (κ2) is 7.65. The van der Waals surface area contributed by atoms with Gasteiger partial charge in [-0.25, -0.2) is 9.37 Å². The lowest BCUT2D eigenvalue weighted by atomic mass is 10.1. The second-order valence-electron chi connectivity index (χ2n) is 6.64. The largest absolute Gasteiger partial charge is 0.487 e. The Bertz CT molecular complexity index is 849. The Morgan fingerprint density at radius 1 is 1.21 bits per heavy atom. The first-order valence-corrected chi connectivity index (χ1v) is 8.66. The number of pyridine rings is 1. The summed E-state index contributed by atoms with van der Waals surface area (Å²) in [6, 6.07) is 8.39. The molecule has 1 fully saturated rings. The van der Waals surface area contributed by atoms with Gasteiger partial charge in [0.2, 0.25) is 5.91 Å². The summed E-state index contributed by atoms with van der Waals surface area (Å²) in [7, 11) is 0. The van der Waals surface area contributed by atoms with Crippen molar-refractivity contribution in [1.82, 2.24) is 10.3 Å². The molecule has 1 aliphatic rings. The van der Waals surface area contributed by atoms with Crippen LogP contribution in [0.3, 0.4) is 0 Å². The summed E-state index contributed by atoms with van der Waals surface area (Å²) in [4.78, 5) is 15.9. The lowest BCUT2D eigenvalue weighted by Gasteiger charge is -2.40. The van der Waals surface area contributed by atoms with Crippen molar-refractivity contribution in [3.05, 3.63) is 53.5 Å². The van der Waals surface area contributed by atoms with Crippen molar-refractivity contribution >= 4 is 11.7 Å². The molecule has 1 saturated heterocycles. The van der Waals surface area contributed by atoms with E-state index in [0.717, 1.165) is 11.6 Å². The molecule has 9 heteroatoms. The molecule has 0 saturated carbocycles. The van der Waals surface area contributed by atoms with Crippen LogP contribution in [0.5, 0.6) is 5.75 Å². The van der Waals surface area contributed by atoms with Gasteiger partial charge in [-0.3, -0.25) is 4.79 Å². The Morgan fingerprint density at radius 2 is 1.86 bits per heavy atom. The SMILES string of the molecule is CC(=O)NC(C)c1ccc(OC2CN(c3nc(C(F)(F)F)ccc3F)C2)cc1. The molecule has 0 bridgehead atoms. The van der Waals surface area contributed by atoms with E-state index in [1.165, 1.54) is 11.8 Å². The number of ether oxygens (including phenoxy) is 1. The molecule has 28 heavy (non-hydrogen) atoms. The predicted molar refractivity (Wildman–Crippen MR) is 94.5 cm³/mol. The van der Waals surface area contributed by atoms with Crippen molar-refractivity contribution in [2.75, 3.05) is 18.0 Å². The maximum absolute atomic E-state index is 13.9. The number of alkyl halides is 3. The van der Waals surface area contributed by atoms with Crippen LogP contribution in [0.15, 0.2) is 36.4 Å². The van der Waals surface area contributed by atoms with E-state index < -0.39 is 17.7 Å². The van der Waals surface area contributed by atoms with Gasteiger partial charge in [-0.1, -0.05) is 12.1 Å². The standard InChI is InChI=1S/C19H19F4N3O2/c1-11(24-12(2)27)13-3-5-14(6-4-13)28-15-9-26(10-15)18-16(20)7-8-17(25-18)19(21,22)23/h3-8,11,15H,9-10H2,1-2H3,(H,24,27). The van der Waals surface area contributed by atoms with Gasteiger partial charge in [-0.2, -0.15) is 13.2 Å². The molecular weight excluding hydrogens is 378 g/mol. The van der Waals surface area contributed by atoms with Gasteiger partial charge >= 0.3 is 6.18 Å². The third-order valence-electron chi connectivity index (χ3n) is 4.37. The van der Waals surface area contributed by atoms with Crippen LogP contribution in [0.4, 0.5) is 23.4 Å². The van der Waals surface area contributed by atoms with Crippen LogP contribution in [0.1, 0.15) is 31.1 Å². The summed E-state index contributed by atoms with van der Waals surface area (Å²) in [6.45, 7) is 3.76. The molecule has 1 atom stereocenters. The average molecular weight is 397 g/mol. The van der Waals surface area contributed by atoms with E-state index in [1.807, 2.05) is 19.1 Å². The van der Waals surface area contributed by atoms with Gasteiger partial charge < -0.3 is 15.0 Å². The van der Waals surface area contributed by atoms with Gasteiger partial charge in [-0.05, 0) is 36.8 Å². The van der Waals surface area contributed by atoms with E-state index in [0.29, 0.717) is 11.8 Å². The highest BCUT2D eigenvalue weighted by Crippen LogP contribution is 2.32. The zero-order valence-electron chi connectivity index (χ0n) is 15.3. The van der Waals surface area contributed by atoms with Crippen LogP contribution in [0.25, 0.3) is 0 Å². The third-order valence-corrected chi connectivity index (χ3v) is 4.37. The van der Waals surface area contributed by atoms with Crippen LogP contribution >= 0.6 is 0 Å². The minimum atomic E-state index is -4.63. The van der Waals surface area contributed by atoms with Gasteiger partial charge in [0.25, 0.3) is 0 Å². The van der Waals surface area contributed by atoms with Crippen LogP contribution < -0.4 is 15.0 Å². The van der Waals surface area contributed by atoms with E-state index in [-0.39, 0.29) is 37.0 Å². The molecule has 2 aromatic rings. The van der Waals surface area contributed by atoms with Crippen LogP contribution in [-0.2, 0) is 11.0 Å². The normalized spacial score (nSPS) is 15.7. The summed E-state index contributed by atoms with van der Waals surface area (Å²) in [5.74, 6) is -0.671. The van der Waals surface area contributed by atoms with Gasteiger partial charge in [0.15, 0.2) is 11.6 Å². The molecule has 1 aromatic carbocycles. The number of anilines is 1. The van der Waals surface area contributed by atoms with Crippen LogP contribution in [0, 0.1) is 5.82 Å². The van der Waals surface area contributed by atoms with E-state index >= 15 is 0 Å². The first-order chi connectivity index (χ1) is 13.1. The number of aromatic nitrogens is 1. The number of hydrogen-bond acceptors (Lipinski definition) is 4. The molecule has 150 valence electrons. The van der Waals surface area contributed by atoms with Gasteiger partial charge in [-0.15, -0.1) is 0 Å². The van der Waals surface area contributed by atoms with Crippen LogP contribution in [0.2, 0.25) is 0 Å². The molecule has 5 nitrogen and oxygen atoms in total. The van der Waals surface area contributed by atoms with Crippen molar-refractivity contribution < 1.29 is 27.1 Å². The van der Waals surface area contributed by atoms with Crippen molar-refractivity contribution in [3.63, 3.8) is 0 Å². The fourth-order valence-corrected chi connectivity index (χ4v) is 2.91. The number of amides is 1. The highest BCUT2D eigenvalue weighted by molar-refractivity contribution is 5.73. The number of carbonyl (C=O) groups excluding carboxylic acids is 1. The zero-order valence-corrected chi connectivity index (χ0v) is 15.3. The van der Waals surface area contributed by atoms with Gasteiger partial charge in [0, 0.05) is 6.92 Å². The Labute approximate surface area is 159 Å². The van der Waals surface area contributed by atoms with Crippen molar-refractivity contribution in [2.45, 2.75) is 32.2 Å². The quantitative estimate of drug-likeness (QED) is 0.782. The maximum atomic E-state index is 13.9. The molecular formula is C19H19F4N3O2. The number of nitrogens with one attached hydrogen (secondary N) is 1. The third kappa shape index (κ3) is 4.52. The van der Waals surface area contributed by atoms with E-state index in [2.05, 4.69) is 10.3 Å². The Hall–Kier alpha value is -2.84. The molecule has 1 N–H and O–H groups in total. The Kier molecular flexibility index (Phi) is 5.44. The lowest BCUT2D eigenvalue weighted by molar-refractivity contribution is -0.141. The van der Waals surface area contributed by atoms with Crippen molar-refractivity contribution in [2.24, 2.45) is 0 Å². The molecule has 0 radical (unpaired) electrons. The molecule has 2 heterocycles. The first kappa shape index (κ1) is 19.9. The minimum Gasteiger partial charge on any atom is -0.487 e. The Morgan fingerprint density at radius 3 is 2.43 bits per heavy atom. The summed E-state index contributed by atoms with van der Waals surface area (Å²) in [5.41, 5.74) is -0.217. The van der Waals surface area contributed by atoms with Crippen molar-refractivity contribution in [1.29, 1.82) is 0 Å². The second-order valence-corrected chi connectivity index (χ2v) is 6.64. The molecule has 1 unspecified atom stereocenters. The number of rotatable bonds is 5. The van der Waals surface area contributed by atoms with Gasteiger partial charge in [0.05, 0.1) is 19.1 Å². The number of halogens is 4. The number of carbonyl (C=O) groups is 1. The fourth-order valence-electron chi connectivity index (χ4n) is 2.91. The number of nitrogens with zero attached hydrogens (tertiary/aromatic N) is 2. The zero-order chi connectivity index (χ0) is 20.5. The summed E-state index contributed by atoms with van der Waals surface area (Å²) in [5, 5.41) is 2.78. The Balaban J connectivity index is 1.58. The fraction of sp³-hybridized carbons (Fsp3) is 0.368. The summed E-state index contributed by atoms with van der Waals surface area (Å²) >= 11 is 0. The topological polar surface area (TPSA) is 54.5 Å².